The molecule has 0 radical (unpaired) electrons. The SMILES string of the molecule is CNS(=O)(=O)Cc1ccccc1COC. The molecule has 0 atom stereocenters. The minimum atomic E-state index is -3.22. The van der Waals surface area contributed by atoms with Gasteiger partial charge >= 0.3 is 0 Å². The number of nitrogens with one attached hydrogen (secondary N) is 1. The van der Waals surface area contributed by atoms with E-state index in [0.717, 1.165) is 11.1 Å². The van der Waals surface area contributed by atoms with Gasteiger partial charge in [-0.25, -0.2) is 13.1 Å². The summed E-state index contributed by atoms with van der Waals surface area (Å²) in [6.07, 6.45) is 0. The molecule has 0 aliphatic rings. The molecule has 0 aliphatic heterocycles. The van der Waals surface area contributed by atoms with Crippen LogP contribution in [0.3, 0.4) is 0 Å². The third kappa shape index (κ3) is 3.62. The van der Waals surface area contributed by atoms with Gasteiger partial charge in [0, 0.05) is 7.11 Å². The maximum absolute atomic E-state index is 11.4. The summed E-state index contributed by atoms with van der Waals surface area (Å²) in [5.41, 5.74) is 1.67. The molecule has 4 nitrogen and oxygen atoms in total. The lowest BCUT2D eigenvalue weighted by atomic mass is 10.1. The Morgan fingerprint density at radius 3 is 2.40 bits per heavy atom. The summed E-state index contributed by atoms with van der Waals surface area (Å²) in [6.45, 7) is 0.426. The maximum atomic E-state index is 11.4. The highest BCUT2D eigenvalue weighted by Gasteiger charge is 2.11. The number of sulfonamides is 1. The van der Waals surface area contributed by atoms with Gasteiger partial charge in [-0.1, -0.05) is 24.3 Å². The second-order valence-electron chi connectivity index (χ2n) is 3.16. The Morgan fingerprint density at radius 2 is 1.87 bits per heavy atom. The van der Waals surface area contributed by atoms with Gasteiger partial charge in [0.1, 0.15) is 0 Å². The van der Waals surface area contributed by atoms with Crippen LogP contribution in [0.5, 0.6) is 0 Å². The van der Waals surface area contributed by atoms with E-state index in [1.54, 1.807) is 13.2 Å². The Hall–Kier alpha value is -0.910. The second kappa shape index (κ2) is 5.25. The molecule has 1 aromatic rings. The highest BCUT2D eigenvalue weighted by molar-refractivity contribution is 7.88. The Kier molecular flexibility index (Phi) is 4.26. The van der Waals surface area contributed by atoms with Gasteiger partial charge in [-0.3, -0.25) is 0 Å². The van der Waals surface area contributed by atoms with Crippen molar-refractivity contribution in [1.82, 2.24) is 4.72 Å². The van der Waals surface area contributed by atoms with E-state index in [4.69, 9.17) is 4.74 Å². The molecule has 0 saturated carbocycles. The van der Waals surface area contributed by atoms with Gasteiger partial charge < -0.3 is 4.74 Å². The number of rotatable bonds is 5. The predicted octanol–water partition coefficient (Wildman–Crippen LogP) is 0.882. The summed E-state index contributed by atoms with van der Waals surface area (Å²) < 4.78 is 30.0. The lowest BCUT2D eigenvalue weighted by Gasteiger charge is -2.08. The van der Waals surface area contributed by atoms with E-state index >= 15 is 0 Å². The van der Waals surface area contributed by atoms with Gasteiger partial charge in [-0.15, -0.1) is 0 Å². The lowest BCUT2D eigenvalue weighted by molar-refractivity contribution is 0.184. The first-order valence-corrected chi connectivity index (χ1v) is 6.21. The molecule has 0 aliphatic carbocycles. The monoisotopic (exact) mass is 229 g/mol. The molecule has 0 fully saturated rings. The van der Waals surface area contributed by atoms with Crippen LogP contribution in [0.2, 0.25) is 0 Å². The quantitative estimate of drug-likeness (QED) is 0.815. The third-order valence-corrected chi connectivity index (χ3v) is 3.39. The van der Waals surface area contributed by atoms with Crippen LogP contribution in [-0.2, 0) is 27.1 Å². The highest BCUT2D eigenvalue weighted by Crippen LogP contribution is 2.12. The lowest BCUT2D eigenvalue weighted by Crippen LogP contribution is -2.21. The number of benzene rings is 1. The minimum absolute atomic E-state index is 0.0109. The van der Waals surface area contributed by atoms with Gasteiger partial charge in [0.15, 0.2) is 0 Å². The minimum Gasteiger partial charge on any atom is -0.380 e. The summed E-state index contributed by atoms with van der Waals surface area (Å²) in [7, 11) is -0.221. The van der Waals surface area contributed by atoms with Crippen molar-refractivity contribution in [1.29, 1.82) is 0 Å². The zero-order valence-corrected chi connectivity index (χ0v) is 9.67. The van der Waals surface area contributed by atoms with Crippen molar-refractivity contribution in [2.75, 3.05) is 14.2 Å². The van der Waals surface area contributed by atoms with Gasteiger partial charge in [0.2, 0.25) is 10.0 Å². The van der Waals surface area contributed by atoms with E-state index in [1.807, 2.05) is 18.2 Å². The first-order valence-electron chi connectivity index (χ1n) is 4.56. The number of hydrogen-bond acceptors (Lipinski definition) is 3. The van der Waals surface area contributed by atoms with E-state index in [-0.39, 0.29) is 5.75 Å². The molecular weight excluding hydrogens is 214 g/mol. The number of methoxy groups -OCH3 is 1. The second-order valence-corrected chi connectivity index (χ2v) is 5.09. The first-order chi connectivity index (χ1) is 7.09. The third-order valence-electron chi connectivity index (χ3n) is 2.07. The van der Waals surface area contributed by atoms with E-state index in [1.165, 1.54) is 7.05 Å². The predicted molar refractivity (Wildman–Crippen MR) is 58.8 cm³/mol. The van der Waals surface area contributed by atoms with Crippen LogP contribution >= 0.6 is 0 Å². The molecular formula is C10H15NO3S. The molecule has 0 aromatic heterocycles. The van der Waals surface area contributed by atoms with Crippen LogP contribution in [0.1, 0.15) is 11.1 Å². The highest BCUT2D eigenvalue weighted by atomic mass is 32.2. The molecule has 0 heterocycles. The van der Waals surface area contributed by atoms with Crippen molar-refractivity contribution < 1.29 is 13.2 Å². The first kappa shape index (κ1) is 12.2. The Bertz CT molecular complexity index is 414. The summed E-state index contributed by atoms with van der Waals surface area (Å²) in [6, 6.07) is 7.34. The molecule has 0 saturated heterocycles. The average Bonchev–Trinajstić information content (AvgIpc) is 2.21. The van der Waals surface area contributed by atoms with Gasteiger partial charge in [0.25, 0.3) is 0 Å². The number of ether oxygens (including phenoxy) is 1. The summed E-state index contributed by atoms with van der Waals surface area (Å²) >= 11 is 0. The molecule has 0 amide bonds. The standard InChI is InChI=1S/C10H15NO3S/c1-11-15(12,13)8-10-6-4-3-5-9(10)7-14-2/h3-6,11H,7-8H2,1-2H3. The summed E-state index contributed by atoms with van der Waals surface area (Å²) in [4.78, 5) is 0. The molecule has 1 N–H and O–H groups in total. The fraction of sp³-hybridized carbons (Fsp3) is 0.400. The molecule has 1 aromatic carbocycles. The van der Waals surface area contributed by atoms with Crippen LogP contribution in [0.25, 0.3) is 0 Å². The van der Waals surface area contributed by atoms with E-state index in [2.05, 4.69) is 4.72 Å². The van der Waals surface area contributed by atoms with E-state index < -0.39 is 10.0 Å². The van der Waals surface area contributed by atoms with Crippen molar-refractivity contribution in [3.8, 4) is 0 Å². The molecule has 84 valence electrons. The van der Waals surface area contributed by atoms with Crippen molar-refractivity contribution >= 4 is 10.0 Å². The van der Waals surface area contributed by atoms with Crippen LogP contribution in [0.15, 0.2) is 24.3 Å². The molecule has 0 spiro atoms. The van der Waals surface area contributed by atoms with Gasteiger partial charge in [-0.05, 0) is 18.2 Å². The normalized spacial score (nSPS) is 11.6. The average molecular weight is 229 g/mol. The topological polar surface area (TPSA) is 55.4 Å². The van der Waals surface area contributed by atoms with Crippen LogP contribution in [0, 0.1) is 0 Å². The van der Waals surface area contributed by atoms with E-state index in [9.17, 15) is 8.42 Å². The van der Waals surface area contributed by atoms with Crippen molar-refractivity contribution in [2.45, 2.75) is 12.4 Å². The molecule has 0 unspecified atom stereocenters. The van der Waals surface area contributed by atoms with Gasteiger partial charge in [0.05, 0.1) is 12.4 Å². The Balaban J connectivity index is 2.94. The number of hydrogen-bond donors (Lipinski definition) is 1. The Labute approximate surface area is 90.3 Å². The van der Waals surface area contributed by atoms with Gasteiger partial charge in [-0.2, -0.15) is 0 Å². The van der Waals surface area contributed by atoms with Crippen LogP contribution in [0.4, 0.5) is 0 Å². The zero-order chi connectivity index (χ0) is 11.3. The van der Waals surface area contributed by atoms with E-state index in [0.29, 0.717) is 6.61 Å². The maximum Gasteiger partial charge on any atom is 0.215 e. The summed E-state index contributed by atoms with van der Waals surface area (Å²) in [5, 5.41) is 0. The smallest absolute Gasteiger partial charge is 0.215 e. The largest absolute Gasteiger partial charge is 0.380 e. The molecule has 15 heavy (non-hydrogen) atoms. The van der Waals surface area contributed by atoms with Crippen LogP contribution in [-0.4, -0.2) is 22.6 Å². The molecule has 0 bridgehead atoms. The molecule has 1 rings (SSSR count). The van der Waals surface area contributed by atoms with Crippen molar-refractivity contribution in [3.05, 3.63) is 35.4 Å². The Morgan fingerprint density at radius 1 is 1.27 bits per heavy atom. The molecule has 5 heteroatoms. The van der Waals surface area contributed by atoms with Crippen molar-refractivity contribution in [3.63, 3.8) is 0 Å². The zero-order valence-electron chi connectivity index (χ0n) is 8.86. The van der Waals surface area contributed by atoms with Crippen molar-refractivity contribution in [2.24, 2.45) is 0 Å². The summed E-state index contributed by atoms with van der Waals surface area (Å²) in [5.74, 6) is -0.0109. The van der Waals surface area contributed by atoms with Crippen LogP contribution < -0.4 is 4.72 Å². The fourth-order valence-electron chi connectivity index (χ4n) is 1.27. The fourth-order valence-corrected chi connectivity index (χ4v) is 2.11.